The first-order chi connectivity index (χ1) is 29.2. The fraction of sp³-hybridized carbons (Fsp3) is 0.659. The molecule has 0 radical (unpaired) electrons. The number of hydrogen-bond acceptors (Lipinski definition) is 11. The number of anilines is 1. The maximum Gasteiger partial charge on any atom is 0.427 e. The van der Waals surface area contributed by atoms with Crippen LogP contribution in [0.5, 0.6) is 5.88 Å². The zero-order valence-corrected chi connectivity index (χ0v) is 36.4. The van der Waals surface area contributed by atoms with Gasteiger partial charge in [-0.2, -0.15) is 13.2 Å². The maximum atomic E-state index is 14.9. The van der Waals surface area contributed by atoms with E-state index in [0.717, 1.165) is 24.9 Å². The summed E-state index contributed by atoms with van der Waals surface area (Å²) in [5.41, 5.74) is -3.45. The number of rotatable bonds is 10. The van der Waals surface area contributed by atoms with Crippen LogP contribution < -0.4 is 14.4 Å². The molecular formula is C44H56F4N4O9S. The average molecular weight is 893 g/mol. The quantitative estimate of drug-likeness (QED) is 0.164. The zero-order valence-electron chi connectivity index (χ0n) is 35.5. The van der Waals surface area contributed by atoms with E-state index < -0.39 is 105 Å². The average Bonchev–Trinajstić information content (AvgIpc) is 4.12. The first-order valence-corrected chi connectivity index (χ1v) is 23.0. The monoisotopic (exact) mass is 892 g/mol. The van der Waals surface area contributed by atoms with Crippen molar-refractivity contribution in [2.45, 2.75) is 114 Å². The predicted molar refractivity (Wildman–Crippen MR) is 220 cm³/mol. The number of nitrogens with zero attached hydrogens (tertiary/aromatic N) is 3. The smallest absolute Gasteiger partial charge is 0.427 e. The zero-order chi connectivity index (χ0) is 44.8. The van der Waals surface area contributed by atoms with E-state index >= 15 is 0 Å². The molecule has 2 aliphatic carbocycles. The lowest BCUT2D eigenvalue weighted by atomic mass is 9.82. The summed E-state index contributed by atoms with van der Waals surface area (Å²) in [6, 6.07) is 6.30. The highest BCUT2D eigenvalue weighted by atomic mass is 32.2. The third-order valence-corrected chi connectivity index (χ3v) is 15.7. The van der Waals surface area contributed by atoms with Crippen molar-refractivity contribution in [2.75, 3.05) is 44.4 Å². The molecule has 0 unspecified atom stereocenters. The summed E-state index contributed by atoms with van der Waals surface area (Å²) in [6.07, 6.45) is 0.299. The molecule has 3 aliphatic heterocycles. The van der Waals surface area contributed by atoms with Gasteiger partial charge in [0.1, 0.15) is 17.5 Å². The Hall–Kier alpha value is -4.32. The Kier molecular flexibility index (Phi) is 12.8. The number of aromatic nitrogens is 1. The molecule has 2 amide bonds. The van der Waals surface area contributed by atoms with Crippen molar-refractivity contribution in [2.24, 2.45) is 29.1 Å². The Labute approximate surface area is 359 Å². The molecule has 1 aromatic carbocycles. The van der Waals surface area contributed by atoms with Crippen LogP contribution in [0.1, 0.15) is 85.5 Å². The van der Waals surface area contributed by atoms with E-state index in [4.69, 9.17) is 14.2 Å². The second kappa shape index (κ2) is 17.3. The van der Waals surface area contributed by atoms with Crippen LogP contribution in [0.3, 0.4) is 0 Å². The predicted octanol–water partition coefficient (Wildman–Crippen LogP) is 6.24. The molecule has 0 bridgehead atoms. The molecule has 5 aliphatic rings. The molecule has 62 heavy (non-hydrogen) atoms. The number of carbonyl (C=O) groups is 4. The van der Waals surface area contributed by atoms with E-state index in [-0.39, 0.29) is 44.0 Å². The lowest BCUT2D eigenvalue weighted by molar-refractivity contribution is -0.257. The minimum absolute atomic E-state index is 0.0163. The number of carbonyl (C=O) groups excluding carboxylic acids is 4. The highest BCUT2D eigenvalue weighted by molar-refractivity contribution is 7.91. The van der Waals surface area contributed by atoms with Crippen molar-refractivity contribution in [1.29, 1.82) is 0 Å². The normalized spacial score (nSPS) is 30.1. The lowest BCUT2D eigenvalue weighted by Crippen LogP contribution is -2.49. The van der Waals surface area contributed by atoms with E-state index in [1.807, 2.05) is 37.3 Å². The molecule has 7 atom stereocenters. The number of esters is 1. The number of benzene rings is 1. The van der Waals surface area contributed by atoms with Gasteiger partial charge in [-0.1, -0.05) is 44.2 Å². The number of fused-ring (bicyclic) bond motifs is 3. The Morgan fingerprint density at radius 1 is 1.05 bits per heavy atom. The molecule has 2 aromatic rings. The van der Waals surface area contributed by atoms with Crippen LogP contribution in [0.15, 0.2) is 42.6 Å². The number of halogens is 4. The highest BCUT2D eigenvalue weighted by Crippen LogP contribution is 2.58. The Balaban J connectivity index is 1.23. The van der Waals surface area contributed by atoms with Crippen molar-refractivity contribution < 1.29 is 59.4 Å². The number of pyridine rings is 1. The Morgan fingerprint density at radius 3 is 2.40 bits per heavy atom. The van der Waals surface area contributed by atoms with E-state index in [2.05, 4.69) is 14.6 Å². The molecule has 2 saturated carbocycles. The van der Waals surface area contributed by atoms with E-state index in [1.54, 1.807) is 19.2 Å². The van der Waals surface area contributed by atoms with Crippen LogP contribution in [0.4, 0.5) is 23.2 Å². The molecular weight excluding hydrogens is 837 g/mol. The molecule has 1 aromatic heterocycles. The van der Waals surface area contributed by atoms with Gasteiger partial charge in [0.2, 0.25) is 33.3 Å². The van der Waals surface area contributed by atoms with Crippen molar-refractivity contribution in [3.8, 4) is 5.88 Å². The van der Waals surface area contributed by atoms with Gasteiger partial charge < -0.3 is 24.0 Å². The SMILES string of the molecule is C[C@@H]1CC/C=C\[C@@H]2C[C@@]2(C(=O)NS(=O)(=O)C2(CF)CC2)CC(=O)[C@@H]2C[C@@H](Oc3ncc(N4CCOCC4)c4ccccc34)CN2C(=O)[C@@H](CC(=O)OC(C)(C)C(F)(F)F)[C@H](C)C1. The number of ether oxygens (including phenoxy) is 3. The minimum atomic E-state index is -4.88. The molecule has 2 saturated heterocycles. The molecule has 7 rings (SSSR count). The van der Waals surface area contributed by atoms with Crippen LogP contribution in [0.2, 0.25) is 0 Å². The van der Waals surface area contributed by atoms with Gasteiger partial charge in [0.25, 0.3) is 0 Å². The molecule has 4 heterocycles. The minimum Gasteiger partial charge on any atom is -0.472 e. The second-order valence-corrected chi connectivity index (χ2v) is 20.6. The van der Waals surface area contributed by atoms with Gasteiger partial charge in [0, 0.05) is 36.7 Å². The standard InChI is InChI=1S/C44H56F4N4O9S/c1-27-9-5-6-10-29-22-43(29,40(56)50-62(57,58)42(26-45)13-14-42)23-36(53)34-20-30(60-38-32-12-8-7-11-31(32)35(24-49-38)51-15-17-59-18-16-51)25-52(34)39(55)33(28(2)19-27)21-37(54)61-41(3,4)44(46,47)48/h6-8,10-12,24,27-30,33-34H,5,9,13-23,25-26H2,1-4H3,(H,50,56)/b10-6-/t27-,28-,29-,30-,33+,34+,43-/m1/s1. The second-order valence-electron chi connectivity index (χ2n) is 18.6. The van der Waals surface area contributed by atoms with Gasteiger partial charge >= 0.3 is 12.1 Å². The molecule has 0 spiro atoms. The fourth-order valence-corrected chi connectivity index (χ4v) is 10.7. The third kappa shape index (κ3) is 9.18. The van der Waals surface area contributed by atoms with Gasteiger partial charge in [-0.25, -0.2) is 17.8 Å². The molecule has 18 heteroatoms. The molecule has 13 nitrogen and oxygen atoms in total. The van der Waals surface area contributed by atoms with Crippen molar-refractivity contribution in [1.82, 2.24) is 14.6 Å². The number of allylic oxidation sites excluding steroid dienone is 2. The topological polar surface area (TPSA) is 162 Å². The summed E-state index contributed by atoms with van der Waals surface area (Å²) in [7, 11) is -4.42. The van der Waals surface area contributed by atoms with Gasteiger partial charge in [0.05, 0.1) is 55.4 Å². The van der Waals surface area contributed by atoms with Gasteiger partial charge in [0.15, 0.2) is 5.78 Å². The van der Waals surface area contributed by atoms with E-state index in [0.29, 0.717) is 51.0 Å². The summed E-state index contributed by atoms with van der Waals surface area (Å²) in [5, 5.41) is 1.54. The van der Waals surface area contributed by atoms with Gasteiger partial charge in [-0.15, -0.1) is 0 Å². The van der Waals surface area contributed by atoms with Crippen LogP contribution >= 0.6 is 0 Å². The fourth-order valence-electron chi connectivity index (χ4n) is 9.26. The number of amides is 2. The number of Topliss-reactive ketones (excluding diaryl/α,β-unsaturated/α-hetero) is 1. The van der Waals surface area contributed by atoms with Crippen molar-refractivity contribution in [3.63, 3.8) is 0 Å². The van der Waals surface area contributed by atoms with Crippen molar-refractivity contribution in [3.05, 3.63) is 42.6 Å². The summed E-state index contributed by atoms with van der Waals surface area (Å²) < 4.78 is 99.4. The number of alkyl halides is 4. The number of hydrogen-bond donors (Lipinski definition) is 1. The van der Waals surface area contributed by atoms with Crippen LogP contribution in [-0.2, 0) is 38.7 Å². The summed E-state index contributed by atoms with van der Waals surface area (Å²) in [6.45, 7) is 6.28. The number of sulfonamides is 1. The Morgan fingerprint density at radius 2 is 1.74 bits per heavy atom. The Bertz CT molecular complexity index is 2190. The van der Waals surface area contributed by atoms with Crippen LogP contribution in [0, 0.1) is 29.1 Å². The van der Waals surface area contributed by atoms with Gasteiger partial charge in [-0.3, -0.25) is 23.9 Å². The first kappa shape index (κ1) is 45.7. The van der Waals surface area contributed by atoms with Gasteiger partial charge in [-0.05, 0) is 76.2 Å². The molecule has 1 N–H and O–H groups in total. The summed E-state index contributed by atoms with van der Waals surface area (Å²) in [5.74, 6) is -5.37. The first-order valence-electron chi connectivity index (χ1n) is 21.5. The molecule has 340 valence electrons. The number of ketones is 1. The van der Waals surface area contributed by atoms with Crippen molar-refractivity contribution >= 4 is 50.1 Å². The largest absolute Gasteiger partial charge is 0.472 e. The molecule has 4 fully saturated rings. The summed E-state index contributed by atoms with van der Waals surface area (Å²) in [4.78, 5) is 65.2. The third-order valence-electron chi connectivity index (χ3n) is 13.6. The number of nitrogens with one attached hydrogen (secondary N) is 1. The number of morpholine rings is 1. The van der Waals surface area contributed by atoms with Crippen LogP contribution in [-0.4, -0.2) is 110 Å². The highest BCUT2D eigenvalue weighted by Gasteiger charge is 2.63. The van der Waals surface area contributed by atoms with E-state index in [1.165, 1.54) is 4.90 Å². The van der Waals surface area contributed by atoms with E-state index in [9.17, 15) is 45.2 Å². The maximum absolute atomic E-state index is 14.9. The summed E-state index contributed by atoms with van der Waals surface area (Å²) >= 11 is 0. The lowest BCUT2D eigenvalue weighted by Gasteiger charge is -2.33. The van der Waals surface area contributed by atoms with Crippen LogP contribution in [0.25, 0.3) is 10.8 Å².